The van der Waals surface area contributed by atoms with Crippen molar-refractivity contribution in [3.05, 3.63) is 23.4 Å². The van der Waals surface area contributed by atoms with Gasteiger partial charge in [0, 0.05) is 12.7 Å². The summed E-state index contributed by atoms with van der Waals surface area (Å²) in [4.78, 5) is 4.24. The molecule has 12 heavy (non-hydrogen) atoms. The highest BCUT2D eigenvalue weighted by Crippen LogP contribution is 2.07. The standard InChI is InChI=1S/C8H12N2.C2H6/c1-6-4-7(2)10-8(5-6)9-3;1-2/h4-5H,1-3H3,(H,9,10);1-2H3. The van der Waals surface area contributed by atoms with Crippen molar-refractivity contribution >= 4 is 5.82 Å². The first-order chi connectivity index (χ1) is 5.72. The number of nitrogens with one attached hydrogen (secondary N) is 1. The Morgan fingerprint density at radius 3 is 2.17 bits per heavy atom. The van der Waals surface area contributed by atoms with Crippen LogP contribution in [-0.2, 0) is 0 Å². The third-order valence-electron chi connectivity index (χ3n) is 1.35. The van der Waals surface area contributed by atoms with Gasteiger partial charge in [-0.2, -0.15) is 0 Å². The van der Waals surface area contributed by atoms with E-state index in [4.69, 9.17) is 0 Å². The molecule has 0 radical (unpaired) electrons. The number of pyridine rings is 1. The molecule has 0 saturated carbocycles. The Balaban J connectivity index is 0.000000561. The molecule has 0 spiro atoms. The molecule has 1 aromatic rings. The van der Waals surface area contributed by atoms with Crippen molar-refractivity contribution in [1.29, 1.82) is 0 Å². The van der Waals surface area contributed by atoms with Gasteiger partial charge in [-0.3, -0.25) is 0 Å². The van der Waals surface area contributed by atoms with Crippen LogP contribution in [0.4, 0.5) is 5.82 Å². The second kappa shape index (κ2) is 5.58. The average molecular weight is 166 g/mol. The van der Waals surface area contributed by atoms with Gasteiger partial charge in [-0.1, -0.05) is 13.8 Å². The molecule has 1 N–H and O–H groups in total. The maximum absolute atomic E-state index is 4.24. The van der Waals surface area contributed by atoms with Crippen LogP contribution >= 0.6 is 0 Å². The van der Waals surface area contributed by atoms with Gasteiger partial charge < -0.3 is 5.32 Å². The zero-order chi connectivity index (χ0) is 9.56. The maximum Gasteiger partial charge on any atom is 0.126 e. The fraction of sp³-hybridized carbons (Fsp3) is 0.500. The highest BCUT2D eigenvalue weighted by atomic mass is 15.0. The average Bonchev–Trinajstić information content (AvgIpc) is 2.06. The fourth-order valence-electron chi connectivity index (χ4n) is 0.969. The van der Waals surface area contributed by atoms with Crippen molar-refractivity contribution in [2.75, 3.05) is 12.4 Å². The molecule has 1 heterocycles. The van der Waals surface area contributed by atoms with E-state index in [-0.39, 0.29) is 0 Å². The van der Waals surface area contributed by atoms with Crippen LogP contribution in [0.2, 0.25) is 0 Å². The highest BCUT2D eigenvalue weighted by Gasteiger charge is 1.92. The molecule has 1 rings (SSSR count). The van der Waals surface area contributed by atoms with Gasteiger partial charge in [-0.15, -0.1) is 0 Å². The topological polar surface area (TPSA) is 24.9 Å². The summed E-state index contributed by atoms with van der Waals surface area (Å²) in [7, 11) is 1.88. The van der Waals surface area contributed by atoms with E-state index in [0.29, 0.717) is 0 Å². The third kappa shape index (κ3) is 3.37. The Morgan fingerprint density at radius 1 is 1.17 bits per heavy atom. The SMILES string of the molecule is CC.CNc1cc(C)cc(C)n1. The Labute approximate surface area is 75.0 Å². The van der Waals surface area contributed by atoms with Crippen LogP contribution < -0.4 is 5.32 Å². The summed E-state index contributed by atoms with van der Waals surface area (Å²) in [5, 5.41) is 3.00. The van der Waals surface area contributed by atoms with E-state index < -0.39 is 0 Å². The summed E-state index contributed by atoms with van der Waals surface area (Å²) < 4.78 is 0. The van der Waals surface area contributed by atoms with E-state index in [1.54, 1.807) is 0 Å². The Morgan fingerprint density at radius 2 is 1.75 bits per heavy atom. The smallest absolute Gasteiger partial charge is 0.126 e. The van der Waals surface area contributed by atoms with E-state index in [1.807, 2.05) is 33.9 Å². The molecule has 0 aliphatic carbocycles. The first-order valence-electron chi connectivity index (χ1n) is 4.35. The van der Waals surface area contributed by atoms with E-state index in [9.17, 15) is 0 Å². The zero-order valence-electron chi connectivity index (χ0n) is 8.60. The molecule has 0 bridgehead atoms. The van der Waals surface area contributed by atoms with Crippen LogP contribution in [0.15, 0.2) is 12.1 Å². The predicted molar refractivity (Wildman–Crippen MR) is 54.6 cm³/mol. The molecular formula is C10H18N2. The van der Waals surface area contributed by atoms with Crippen molar-refractivity contribution in [2.45, 2.75) is 27.7 Å². The van der Waals surface area contributed by atoms with Gasteiger partial charge in [-0.25, -0.2) is 4.98 Å². The van der Waals surface area contributed by atoms with Gasteiger partial charge in [0.05, 0.1) is 0 Å². The molecule has 0 amide bonds. The van der Waals surface area contributed by atoms with E-state index >= 15 is 0 Å². The summed E-state index contributed by atoms with van der Waals surface area (Å²) in [5.41, 5.74) is 2.31. The van der Waals surface area contributed by atoms with Crippen LogP contribution in [0, 0.1) is 13.8 Å². The summed E-state index contributed by atoms with van der Waals surface area (Å²) in [5.74, 6) is 0.942. The summed E-state index contributed by atoms with van der Waals surface area (Å²) in [6.45, 7) is 8.06. The van der Waals surface area contributed by atoms with Crippen LogP contribution in [0.5, 0.6) is 0 Å². The van der Waals surface area contributed by atoms with E-state index in [2.05, 4.69) is 23.3 Å². The normalized spacial score (nSPS) is 8.42. The second-order valence-corrected chi connectivity index (χ2v) is 2.42. The van der Waals surface area contributed by atoms with Gasteiger partial charge >= 0.3 is 0 Å². The quantitative estimate of drug-likeness (QED) is 0.694. The molecule has 1 aromatic heterocycles. The van der Waals surface area contributed by atoms with Crippen LogP contribution in [0.25, 0.3) is 0 Å². The van der Waals surface area contributed by atoms with Crippen molar-refractivity contribution in [3.8, 4) is 0 Å². The number of hydrogen-bond donors (Lipinski definition) is 1. The fourth-order valence-corrected chi connectivity index (χ4v) is 0.969. The van der Waals surface area contributed by atoms with Crippen molar-refractivity contribution < 1.29 is 0 Å². The monoisotopic (exact) mass is 166 g/mol. The molecular weight excluding hydrogens is 148 g/mol. The minimum absolute atomic E-state index is 0.942. The second-order valence-electron chi connectivity index (χ2n) is 2.42. The lowest BCUT2D eigenvalue weighted by molar-refractivity contribution is 1.17. The zero-order valence-corrected chi connectivity index (χ0v) is 8.60. The number of anilines is 1. The lowest BCUT2D eigenvalue weighted by atomic mass is 10.2. The van der Waals surface area contributed by atoms with Gasteiger partial charge in [0.25, 0.3) is 0 Å². The van der Waals surface area contributed by atoms with Gasteiger partial charge in [0.15, 0.2) is 0 Å². The molecule has 0 aromatic carbocycles. The summed E-state index contributed by atoms with van der Waals surface area (Å²) in [6.07, 6.45) is 0. The van der Waals surface area contributed by atoms with E-state index in [0.717, 1.165) is 11.5 Å². The summed E-state index contributed by atoms with van der Waals surface area (Å²) >= 11 is 0. The lowest BCUT2D eigenvalue weighted by Crippen LogP contribution is -1.93. The Hall–Kier alpha value is -1.05. The molecule has 2 nitrogen and oxygen atoms in total. The highest BCUT2D eigenvalue weighted by molar-refractivity contribution is 5.38. The first kappa shape index (κ1) is 11.0. The third-order valence-corrected chi connectivity index (χ3v) is 1.35. The van der Waals surface area contributed by atoms with Crippen LogP contribution in [-0.4, -0.2) is 12.0 Å². The molecule has 0 unspecified atom stereocenters. The largest absolute Gasteiger partial charge is 0.373 e. The minimum Gasteiger partial charge on any atom is -0.373 e. The first-order valence-corrected chi connectivity index (χ1v) is 4.35. The number of aromatic nitrogens is 1. The van der Waals surface area contributed by atoms with Gasteiger partial charge in [0.1, 0.15) is 5.82 Å². The molecule has 0 fully saturated rings. The number of aryl methyl sites for hydroxylation is 2. The molecule has 0 aliphatic rings. The van der Waals surface area contributed by atoms with Crippen molar-refractivity contribution in [3.63, 3.8) is 0 Å². The summed E-state index contributed by atoms with van der Waals surface area (Å²) in [6, 6.07) is 4.08. The maximum atomic E-state index is 4.24. The lowest BCUT2D eigenvalue weighted by Gasteiger charge is -2.01. The minimum atomic E-state index is 0.942. The molecule has 0 saturated heterocycles. The molecule has 2 heteroatoms. The Kier molecular flexibility index (Phi) is 5.09. The molecule has 0 aliphatic heterocycles. The number of nitrogens with zero attached hydrogens (tertiary/aromatic N) is 1. The molecule has 68 valence electrons. The van der Waals surface area contributed by atoms with Crippen LogP contribution in [0.3, 0.4) is 0 Å². The Bertz CT molecular complexity index is 211. The molecule has 0 atom stereocenters. The van der Waals surface area contributed by atoms with Crippen molar-refractivity contribution in [1.82, 2.24) is 4.98 Å². The van der Waals surface area contributed by atoms with Crippen LogP contribution in [0.1, 0.15) is 25.1 Å². The predicted octanol–water partition coefficient (Wildman–Crippen LogP) is 2.77. The van der Waals surface area contributed by atoms with E-state index in [1.165, 1.54) is 5.56 Å². The van der Waals surface area contributed by atoms with Crippen molar-refractivity contribution in [2.24, 2.45) is 0 Å². The van der Waals surface area contributed by atoms with Gasteiger partial charge in [0.2, 0.25) is 0 Å². The number of hydrogen-bond acceptors (Lipinski definition) is 2. The number of rotatable bonds is 1. The van der Waals surface area contributed by atoms with Gasteiger partial charge in [-0.05, 0) is 31.5 Å².